The standard InChI is InChI=1S/C20H18N4O9/c1-12-14(4-2-5-15(12)24(30)31)21-18(25)11-32-19(26)6-3-9-22-16-8-7-13(23(28)29)10-17(16)33-20(22)27/h2,4-5,7-8,10H,3,6,9,11H2,1H3,(H,21,25). The first kappa shape index (κ1) is 23.1. The van der Waals surface area contributed by atoms with Gasteiger partial charge in [0.1, 0.15) is 0 Å². The number of ether oxygens (including phenoxy) is 1. The number of amides is 1. The summed E-state index contributed by atoms with van der Waals surface area (Å²) in [6.45, 7) is 0.997. The van der Waals surface area contributed by atoms with Gasteiger partial charge < -0.3 is 14.5 Å². The van der Waals surface area contributed by atoms with E-state index in [1.807, 2.05) is 0 Å². The van der Waals surface area contributed by atoms with Crippen LogP contribution in [0.25, 0.3) is 11.1 Å². The van der Waals surface area contributed by atoms with Gasteiger partial charge in [-0.3, -0.25) is 34.4 Å². The van der Waals surface area contributed by atoms with Crippen molar-refractivity contribution < 1.29 is 28.6 Å². The number of anilines is 1. The van der Waals surface area contributed by atoms with Crippen molar-refractivity contribution in [3.8, 4) is 0 Å². The fraction of sp³-hybridized carbons (Fsp3) is 0.250. The van der Waals surface area contributed by atoms with Crippen molar-refractivity contribution >= 4 is 40.0 Å². The van der Waals surface area contributed by atoms with Crippen LogP contribution in [0.3, 0.4) is 0 Å². The highest BCUT2D eigenvalue weighted by molar-refractivity contribution is 5.94. The first-order chi connectivity index (χ1) is 15.7. The summed E-state index contributed by atoms with van der Waals surface area (Å²) in [5.74, 6) is -2.06. The maximum atomic E-state index is 12.0. The van der Waals surface area contributed by atoms with Crippen LogP contribution in [-0.4, -0.2) is 32.9 Å². The topological polar surface area (TPSA) is 177 Å². The molecule has 1 aromatic heterocycles. The van der Waals surface area contributed by atoms with Crippen molar-refractivity contribution in [1.82, 2.24) is 4.57 Å². The Balaban J connectivity index is 1.50. The molecule has 3 rings (SSSR count). The number of aromatic nitrogens is 1. The summed E-state index contributed by atoms with van der Waals surface area (Å²) in [5.41, 5.74) is 0.546. The van der Waals surface area contributed by atoms with Crippen molar-refractivity contribution in [2.45, 2.75) is 26.3 Å². The Morgan fingerprint density at radius 1 is 1.15 bits per heavy atom. The third-order valence-electron chi connectivity index (χ3n) is 4.77. The molecule has 0 bridgehead atoms. The number of fused-ring (bicyclic) bond motifs is 1. The number of hydrogen-bond acceptors (Lipinski definition) is 9. The molecule has 13 nitrogen and oxygen atoms in total. The van der Waals surface area contributed by atoms with E-state index in [4.69, 9.17) is 9.15 Å². The molecule has 0 saturated carbocycles. The quantitative estimate of drug-likeness (QED) is 0.287. The molecule has 0 radical (unpaired) electrons. The van der Waals surface area contributed by atoms with Crippen LogP contribution in [0, 0.1) is 27.2 Å². The largest absolute Gasteiger partial charge is 0.456 e. The fourth-order valence-corrected chi connectivity index (χ4v) is 3.12. The van der Waals surface area contributed by atoms with Crippen molar-refractivity contribution in [1.29, 1.82) is 0 Å². The number of nitrogens with one attached hydrogen (secondary N) is 1. The van der Waals surface area contributed by atoms with E-state index in [9.17, 15) is 34.6 Å². The molecule has 1 heterocycles. The van der Waals surface area contributed by atoms with Gasteiger partial charge in [0.15, 0.2) is 12.2 Å². The molecule has 1 N–H and O–H groups in total. The van der Waals surface area contributed by atoms with Crippen LogP contribution in [0.2, 0.25) is 0 Å². The number of nitro groups is 2. The molecule has 0 spiro atoms. The molecular weight excluding hydrogens is 440 g/mol. The average molecular weight is 458 g/mol. The molecule has 1 amide bonds. The zero-order chi connectivity index (χ0) is 24.1. The van der Waals surface area contributed by atoms with E-state index in [-0.39, 0.29) is 47.6 Å². The summed E-state index contributed by atoms with van der Waals surface area (Å²) >= 11 is 0. The lowest BCUT2D eigenvalue weighted by Crippen LogP contribution is -2.22. The van der Waals surface area contributed by atoms with Gasteiger partial charge in [0.05, 0.1) is 32.7 Å². The Kier molecular flexibility index (Phi) is 6.81. The molecule has 172 valence electrons. The lowest BCUT2D eigenvalue weighted by Gasteiger charge is -2.09. The number of hydrogen-bond donors (Lipinski definition) is 1. The van der Waals surface area contributed by atoms with Gasteiger partial charge >= 0.3 is 11.7 Å². The molecule has 0 unspecified atom stereocenters. The second-order valence-corrected chi connectivity index (χ2v) is 6.95. The fourth-order valence-electron chi connectivity index (χ4n) is 3.12. The molecule has 0 atom stereocenters. The molecule has 13 heteroatoms. The van der Waals surface area contributed by atoms with Gasteiger partial charge in [-0.05, 0) is 25.5 Å². The second-order valence-electron chi connectivity index (χ2n) is 6.95. The maximum Gasteiger partial charge on any atom is 0.419 e. The molecule has 0 fully saturated rings. The van der Waals surface area contributed by atoms with Crippen molar-refractivity contribution in [2.75, 3.05) is 11.9 Å². The zero-order valence-electron chi connectivity index (χ0n) is 17.3. The summed E-state index contributed by atoms with van der Waals surface area (Å²) in [7, 11) is 0. The van der Waals surface area contributed by atoms with E-state index in [1.165, 1.54) is 41.8 Å². The molecule has 0 aliphatic rings. The highest BCUT2D eigenvalue weighted by Crippen LogP contribution is 2.25. The van der Waals surface area contributed by atoms with E-state index in [0.29, 0.717) is 5.52 Å². The Morgan fingerprint density at radius 2 is 1.91 bits per heavy atom. The molecular formula is C20H18N4O9. The Morgan fingerprint density at radius 3 is 2.61 bits per heavy atom. The predicted octanol–water partition coefficient (Wildman–Crippen LogP) is 2.68. The predicted molar refractivity (Wildman–Crippen MR) is 114 cm³/mol. The summed E-state index contributed by atoms with van der Waals surface area (Å²) in [5, 5.41) is 24.2. The van der Waals surface area contributed by atoms with Crippen LogP contribution in [0.4, 0.5) is 17.1 Å². The monoisotopic (exact) mass is 458 g/mol. The lowest BCUT2D eigenvalue weighted by atomic mass is 10.1. The number of aryl methyl sites for hydroxylation is 1. The van der Waals surface area contributed by atoms with Crippen molar-refractivity contribution in [3.63, 3.8) is 0 Å². The number of carbonyl (C=O) groups excluding carboxylic acids is 2. The summed E-state index contributed by atoms with van der Waals surface area (Å²) < 4.78 is 11.1. The SMILES string of the molecule is Cc1c(NC(=O)COC(=O)CCCn2c(=O)oc3cc([N+](=O)[O-])ccc32)cccc1[N+](=O)[O-]. The number of carbonyl (C=O) groups is 2. The van der Waals surface area contributed by atoms with Gasteiger partial charge in [0, 0.05) is 25.1 Å². The molecule has 0 aliphatic carbocycles. The Labute approximate surface area is 184 Å². The lowest BCUT2D eigenvalue weighted by molar-refractivity contribution is -0.385. The number of oxazole rings is 1. The summed E-state index contributed by atoms with van der Waals surface area (Å²) in [6, 6.07) is 7.99. The van der Waals surface area contributed by atoms with Gasteiger partial charge in [0.2, 0.25) is 0 Å². The number of nitrogens with zero attached hydrogens (tertiary/aromatic N) is 3. The molecule has 3 aromatic rings. The van der Waals surface area contributed by atoms with Crippen molar-refractivity contribution in [3.05, 3.63) is 72.7 Å². The molecule has 2 aromatic carbocycles. The number of non-ortho nitro benzene ring substituents is 1. The molecule has 0 saturated heterocycles. The van der Waals surface area contributed by atoms with E-state index >= 15 is 0 Å². The smallest absolute Gasteiger partial charge is 0.419 e. The third-order valence-corrected chi connectivity index (χ3v) is 4.77. The van der Waals surface area contributed by atoms with Crippen LogP contribution in [0.15, 0.2) is 45.6 Å². The third kappa shape index (κ3) is 5.39. The summed E-state index contributed by atoms with van der Waals surface area (Å²) in [4.78, 5) is 56.6. The van der Waals surface area contributed by atoms with Crippen LogP contribution in [0.1, 0.15) is 18.4 Å². The van der Waals surface area contributed by atoms with E-state index < -0.39 is 34.1 Å². The van der Waals surface area contributed by atoms with Gasteiger partial charge in [-0.1, -0.05) is 6.07 Å². The average Bonchev–Trinajstić information content (AvgIpc) is 3.07. The highest BCUT2D eigenvalue weighted by atomic mass is 16.6. The van der Waals surface area contributed by atoms with Crippen LogP contribution in [-0.2, 0) is 20.9 Å². The van der Waals surface area contributed by atoms with Crippen LogP contribution in [0.5, 0.6) is 0 Å². The van der Waals surface area contributed by atoms with Crippen molar-refractivity contribution in [2.24, 2.45) is 0 Å². The normalized spacial score (nSPS) is 10.7. The molecule has 0 aliphatic heterocycles. The van der Waals surface area contributed by atoms with Gasteiger partial charge in [-0.25, -0.2) is 4.79 Å². The summed E-state index contributed by atoms with van der Waals surface area (Å²) in [6.07, 6.45) is 0.0885. The van der Waals surface area contributed by atoms with Crippen LogP contribution < -0.4 is 11.1 Å². The van der Waals surface area contributed by atoms with Crippen LogP contribution >= 0.6 is 0 Å². The van der Waals surface area contributed by atoms with E-state index in [2.05, 4.69) is 5.32 Å². The highest BCUT2D eigenvalue weighted by Gasteiger charge is 2.17. The van der Waals surface area contributed by atoms with E-state index in [0.717, 1.165) is 6.07 Å². The molecule has 33 heavy (non-hydrogen) atoms. The zero-order valence-corrected chi connectivity index (χ0v) is 17.3. The van der Waals surface area contributed by atoms with Gasteiger partial charge in [-0.2, -0.15) is 0 Å². The van der Waals surface area contributed by atoms with Gasteiger partial charge in [-0.15, -0.1) is 0 Å². The first-order valence-corrected chi connectivity index (χ1v) is 9.64. The minimum absolute atomic E-state index is 0.0601. The second kappa shape index (κ2) is 9.72. The first-order valence-electron chi connectivity index (χ1n) is 9.64. The number of benzene rings is 2. The minimum atomic E-state index is -0.717. The number of nitro benzene ring substituents is 2. The Bertz CT molecular complexity index is 1310. The Hall–Kier alpha value is -4.55. The van der Waals surface area contributed by atoms with E-state index in [1.54, 1.807) is 0 Å². The van der Waals surface area contributed by atoms with Gasteiger partial charge in [0.25, 0.3) is 17.3 Å². The number of rotatable bonds is 9. The maximum absolute atomic E-state index is 12.0. The minimum Gasteiger partial charge on any atom is -0.456 e. The number of esters is 1.